The van der Waals surface area contributed by atoms with Crippen LogP contribution in [0.2, 0.25) is 10.0 Å². The zero-order valence-corrected chi connectivity index (χ0v) is 10.7. The van der Waals surface area contributed by atoms with Gasteiger partial charge in [-0.15, -0.1) is 0 Å². The summed E-state index contributed by atoms with van der Waals surface area (Å²) in [5.41, 5.74) is 5.84. The normalized spacial score (nSPS) is 10.3. The van der Waals surface area contributed by atoms with E-state index in [-0.39, 0.29) is 12.5 Å². The number of carbonyl (C=O) groups is 1. The molecule has 1 aromatic carbocycles. The van der Waals surface area contributed by atoms with Crippen LogP contribution >= 0.6 is 23.2 Å². The highest BCUT2D eigenvalue weighted by atomic mass is 35.5. The van der Waals surface area contributed by atoms with Gasteiger partial charge in [0.2, 0.25) is 5.91 Å². The molecule has 0 fully saturated rings. The molecule has 5 nitrogen and oxygen atoms in total. The molecule has 2 aromatic rings. The highest BCUT2D eigenvalue weighted by molar-refractivity contribution is 6.39. The maximum atomic E-state index is 11.8. The Hall–Kier alpha value is -1.72. The van der Waals surface area contributed by atoms with E-state index in [1.54, 1.807) is 30.5 Å². The molecule has 0 aliphatic rings. The maximum Gasteiger partial charge on any atom is 0.246 e. The standard InChI is InChI=1S/C11H10Cl2N4O/c12-7-2-1-3-8(13)11(7)15-10(18)6-17-5-4-9(14)16-17/h1-5H,6H2,(H2,14,16)(H,15,18). The molecule has 1 aromatic heterocycles. The van der Waals surface area contributed by atoms with E-state index >= 15 is 0 Å². The summed E-state index contributed by atoms with van der Waals surface area (Å²) in [6, 6.07) is 6.61. The van der Waals surface area contributed by atoms with Crippen molar-refractivity contribution in [2.24, 2.45) is 0 Å². The van der Waals surface area contributed by atoms with Crippen LogP contribution in [0.3, 0.4) is 0 Å². The summed E-state index contributed by atoms with van der Waals surface area (Å²) in [5, 5.41) is 7.31. The number of aromatic nitrogens is 2. The Bertz CT molecular complexity index is 562. The van der Waals surface area contributed by atoms with Gasteiger partial charge in [0.15, 0.2) is 0 Å². The summed E-state index contributed by atoms with van der Waals surface area (Å²) in [7, 11) is 0. The van der Waals surface area contributed by atoms with Crippen molar-refractivity contribution < 1.29 is 4.79 Å². The lowest BCUT2D eigenvalue weighted by molar-refractivity contribution is -0.116. The van der Waals surface area contributed by atoms with Crippen LogP contribution in [0.4, 0.5) is 11.5 Å². The molecule has 7 heteroatoms. The minimum Gasteiger partial charge on any atom is -0.382 e. The number of halogens is 2. The maximum absolute atomic E-state index is 11.8. The third-order valence-electron chi connectivity index (χ3n) is 2.19. The Labute approximate surface area is 113 Å². The van der Waals surface area contributed by atoms with Crippen LogP contribution in [0, 0.1) is 0 Å². The predicted molar refractivity (Wildman–Crippen MR) is 71.7 cm³/mol. The molecule has 0 bridgehead atoms. The average molecular weight is 285 g/mol. The minimum atomic E-state index is -0.284. The molecule has 0 saturated heterocycles. The van der Waals surface area contributed by atoms with Crippen LogP contribution < -0.4 is 11.1 Å². The first-order valence-corrected chi connectivity index (χ1v) is 5.84. The number of rotatable bonds is 3. The van der Waals surface area contributed by atoms with Crippen molar-refractivity contribution in [3.05, 3.63) is 40.5 Å². The van der Waals surface area contributed by atoms with Crippen LogP contribution in [0.1, 0.15) is 0 Å². The number of nitrogens with zero attached hydrogens (tertiary/aromatic N) is 2. The Balaban J connectivity index is 2.08. The summed E-state index contributed by atoms with van der Waals surface area (Å²) in [6.07, 6.45) is 1.61. The lowest BCUT2D eigenvalue weighted by Crippen LogP contribution is -2.19. The van der Waals surface area contributed by atoms with E-state index in [0.29, 0.717) is 21.6 Å². The molecule has 3 N–H and O–H groups in total. The van der Waals surface area contributed by atoms with Gasteiger partial charge in [0.1, 0.15) is 12.4 Å². The van der Waals surface area contributed by atoms with E-state index in [2.05, 4.69) is 10.4 Å². The molecule has 94 valence electrons. The van der Waals surface area contributed by atoms with Crippen molar-refractivity contribution in [1.29, 1.82) is 0 Å². The summed E-state index contributed by atoms with van der Waals surface area (Å²) < 4.78 is 1.43. The number of para-hydroxylation sites is 1. The van der Waals surface area contributed by atoms with Crippen LogP contribution in [-0.2, 0) is 11.3 Å². The molecular formula is C11H10Cl2N4O. The molecule has 0 unspecified atom stereocenters. The van der Waals surface area contributed by atoms with Crippen molar-refractivity contribution in [2.75, 3.05) is 11.1 Å². The molecule has 0 saturated carbocycles. The second-order valence-electron chi connectivity index (χ2n) is 3.58. The van der Waals surface area contributed by atoms with E-state index in [1.165, 1.54) is 4.68 Å². The third-order valence-corrected chi connectivity index (χ3v) is 2.82. The number of nitrogens with two attached hydrogens (primary N) is 1. The molecule has 1 heterocycles. The minimum absolute atomic E-state index is 0.0404. The number of amides is 1. The second-order valence-corrected chi connectivity index (χ2v) is 4.40. The van der Waals surface area contributed by atoms with E-state index in [4.69, 9.17) is 28.9 Å². The van der Waals surface area contributed by atoms with Gasteiger partial charge in [0.05, 0.1) is 15.7 Å². The van der Waals surface area contributed by atoms with Gasteiger partial charge in [-0.2, -0.15) is 5.10 Å². The first-order chi connectivity index (χ1) is 8.56. The van der Waals surface area contributed by atoms with Crippen molar-refractivity contribution in [3.8, 4) is 0 Å². The van der Waals surface area contributed by atoms with Gasteiger partial charge >= 0.3 is 0 Å². The largest absolute Gasteiger partial charge is 0.382 e. The topological polar surface area (TPSA) is 72.9 Å². The van der Waals surface area contributed by atoms with Crippen molar-refractivity contribution in [3.63, 3.8) is 0 Å². The van der Waals surface area contributed by atoms with Gasteiger partial charge in [0.25, 0.3) is 0 Å². The molecule has 0 spiro atoms. The van der Waals surface area contributed by atoms with Gasteiger partial charge in [-0.3, -0.25) is 9.48 Å². The first-order valence-electron chi connectivity index (χ1n) is 5.09. The summed E-state index contributed by atoms with van der Waals surface area (Å²) >= 11 is 11.9. The molecule has 1 amide bonds. The van der Waals surface area contributed by atoms with Crippen LogP contribution in [0.25, 0.3) is 0 Å². The summed E-state index contributed by atoms with van der Waals surface area (Å²) in [5.74, 6) is 0.0756. The quantitative estimate of drug-likeness (QED) is 0.909. The molecular weight excluding hydrogens is 275 g/mol. The van der Waals surface area contributed by atoms with Crippen LogP contribution in [0.15, 0.2) is 30.5 Å². The van der Waals surface area contributed by atoms with E-state index in [1.807, 2.05) is 0 Å². The Morgan fingerprint density at radius 2 is 2.00 bits per heavy atom. The molecule has 2 rings (SSSR count). The predicted octanol–water partition coefficient (Wildman–Crippen LogP) is 2.41. The fraction of sp³-hybridized carbons (Fsp3) is 0.0909. The number of anilines is 2. The Kier molecular flexibility index (Phi) is 3.74. The number of benzene rings is 1. The Morgan fingerprint density at radius 3 is 2.56 bits per heavy atom. The third kappa shape index (κ3) is 2.94. The van der Waals surface area contributed by atoms with Gasteiger partial charge in [-0.1, -0.05) is 29.3 Å². The summed E-state index contributed by atoms with van der Waals surface area (Å²) in [4.78, 5) is 11.8. The van der Waals surface area contributed by atoms with Gasteiger partial charge in [0, 0.05) is 6.20 Å². The molecule has 0 aliphatic carbocycles. The van der Waals surface area contributed by atoms with Crippen LogP contribution in [0.5, 0.6) is 0 Å². The molecule has 0 radical (unpaired) electrons. The summed E-state index contributed by atoms with van der Waals surface area (Å²) in [6.45, 7) is 0.0404. The lowest BCUT2D eigenvalue weighted by Gasteiger charge is -2.08. The SMILES string of the molecule is Nc1ccn(CC(=O)Nc2c(Cl)cccc2Cl)n1. The van der Waals surface area contributed by atoms with E-state index in [9.17, 15) is 4.79 Å². The molecule has 18 heavy (non-hydrogen) atoms. The molecule has 0 aliphatic heterocycles. The van der Waals surface area contributed by atoms with Crippen molar-refractivity contribution in [1.82, 2.24) is 9.78 Å². The molecule has 0 atom stereocenters. The monoisotopic (exact) mass is 284 g/mol. The fourth-order valence-electron chi connectivity index (χ4n) is 1.41. The van der Waals surface area contributed by atoms with E-state index < -0.39 is 0 Å². The van der Waals surface area contributed by atoms with Crippen molar-refractivity contribution in [2.45, 2.75) is 6.54 Å². The van der Waals surface area contributed by atoms with Gasteiger partial charge in [-0.25, -0.2) is 0 Å². The second kappa shape index (κ2) is 5.29. The number of hydrogen-bond acceptors (Lipinski definition) is 3. The van der Waals surface area contributed by atoms with Crippen molar-refractivity contribution >= 4 is 40.6 Å². The zero-order chi connectivity index (χ0) is 13.1. The highest BCUT2D eigenvalue weighted by Gasteiger charge is 2.10. The number of hydrogen-bond donors (Lipinski definition) is 2. The average Bonchev–Trinajstić information content (AvgIpc) is 2.69. The lowest BCUT2D eigenvalue weighted by atomic mass is 10.3. The Morgan fingerprint density at radius 1 is 1.33 bits per heavy atom. The number of carbonyl (C=O) groups excluding carboxylic acids is 1. The first kappa shape index (κ1) is 12.7. The fourth-order valence-corrected chi connectivity index (χ4v) is 1.90. The zero-order valence-electron chi connectivity index (χ0n) is 9.23. The van der Waals surface area contributed by atoms with Gasteiger partial charge in [-0.05, 0) is 18.2 Å². The highest BCUT2D eigenvalue weighted by Crippen LogP contribution is 2.29. The van der Waals surface area contributed by atoms with Gasteiger partial charge < -0.3 is 11.1 Å². The smallest absolute Gasteiger partial charge is 0.246 e. The number of nitrogen functional groups attached to an aromatic ring is 1. The number of nitrogens with one attached hydrogen (secondary N) is 1. The van der Waals surface area contributed by atoms with E-state index in [0.717, 1.165) is 0 Å². The van der Waals surface area contributed by atoms with Crippen LogP contribution in [-0.4, -0.2) is 15.7 Å².